The topological polar surface area (TPSA) is 63.4 Å². The van der Waals surface area contributed by atoms with Gasteiger partial charge in [0.2, 0.25) is 0 Å². The predicted octanol–water partition coefficient (Wildman–Crippen LogP) is 4.06. The van der Waals surface area contributed by atoms with E-state index in [4.69, 9.17) is 4.42 Å². The third-order valence-corrected chi connectivity index (χ3v) is 4.50. The van der Waals surface area contributed by atoms with Gasteiger partial charge in [0.05, 0.1) is 28.9 Å². The Balaban J connectivity index is 1.89. The van der Waals surface area contributed by atoms with Gasteiger partial charge in [-0.25, -0.2) is 0 Å². The van der Waals surface area contributed by atoms with E-state index in [0.29, 0.717) is 22.6 Å². The van der Waals surface area contributed by atoms with Crippen molar-refractivity contribution >= 4 is 22.7 Å². The zero-order chi connectivity index (χ0) is 17.7. The lowest BCUT2D eigenvalue weighted by molar-refractivity contribution is 0.0631. The maximum Gasteiger partial charge on any atom is 0.263 e. The molecule has 0 saturated carbocycles. The van der Waals surface area contributed by atoms with Gasteiger partial charge >= 0.3 is 0 Å². The number of carbonyl (C=O) groups excluding carboxylic acids is 2. The summed E-state index contributed by atoms with van der Waals surface area (Å²) < 4.78 is 5.54. The summed E-state index contributed by atoms with van der Waals surface area (Å²) >= 11 is 0. The number of rotatable bonds is 3. The number of imide groups is 1. The molecule has 0 aliphatic carbocycles. The number of aromatic nitrogens is 1. The molecule has 0 fully saturated rings. The molecule has 2 amide bonds. The van der Waals surface area contributed by atoms with Crippen molar-refractivity contribution < 1.29 is 14.0 Å². The average molecular weight is 334 g/mol. The Labute approximate surface area is 145 Å². The Hall–Kier alpha value is -2.95. The first-order valence-electron chi connectivity index (χ1n) is 8.31. The number of benzene rings is 1. The molecular weight excluding hydrogens is 316 g/mol. The summed E-state index contributed by atoms with van der Waals surface area (Å²) in [7, 11) is 0. The second-order valence-electron chi connectivity index (χ2n) is 6.63. The zero-order valence-corrected chi connectivity index (χ0v) is 14.4. The number of para-hydroxylation sites is 1. The minimum Gasteiger partial charge on any atom is -0.464 e. The van der Waals surface area contributed by atoms with Crippen LogP contribution in [0.15, 0.2) is 40.8 Å². The summed E-state index contributed by atoms with van der Waals surface area (Å²) in [6.45, 7) is 5.92. The molecule has 5 nitrogen and oxygen atoms in total. The van der Waals surface area contributed by atoms with Gasteiger partial charge in [-0.3, -0.25) is 19.5 Å². The van der Waals surface area contributed by atoms with Crippen molar-refractivity contribution in [3.63, 3.8) is 0 Å². The Morgan fingerprint density at radius 2 is 1.76 bits per heavy atom. The number of amides is 2. The SMILES string of the molecule is Cc1ccc(CN2C(=O)c3c(C(C)C)nc4ccccc4c3C2=O)o1. The van der Waals surface area contributed by atoms with E-state index in [1.807, 2.05) is 51.1 Å². The van der Waals surface area contributed by atoms with Gasteiger partial charge in [0.15, 0.2) is 0 Å². The quantitative estimate of drug-likeness (QED) is 0.678. The largest absolute Gasteiger partial charge is 0.464 e. The number of carbonyl (C=O) groups is 2. The molecule has 4 rings (SSSR count). The van der Waals surface area contributed by atoms with Crippen molar-refractivity contribution in [2.75, 3.05) is 0 Å². The van der Waals surface area contributed by atoms with Crippen molar-refractivity contribution in [1.82, 2.24) is 9.88 Å². The van der Waals surface area contributed by atoms with Gasteiger partial charge in [-0.1, -0.05) is 32.0 Å². The van der Waals surface area contributed by atoms with Crippen LogP contribution >= 0.6 is 0 Å². The molecular formula is C20H18N2O3. The summed E-state index contributed by atoms with van der Waals surface area (Å²) in [6.07, 6.45) is 0. The molecule has 25 heavy (non-hydrogen) atoms. The van der Waals surface area contributed by atoms with Crippen molar-refractivity contribution in [1.29, 1.82) is 0 Å². The summed E-state index contributed by atoms with van der Waals surface area (Å²) in [5.41, 5.74) is 2.30. The van der Waals surface area contributed by atoms with Gasteiger partial charge in [0, 0.05) is 5.39 Å². The van der Waals surface area contributed by atoms with Crippen LogP contribution in [-0.4, -0.2) is 21.7 Å². The molecule has 0 spiro atoms. The standard InChI is InChI=1S/C20H18N2O3/c1-11(2)18-17-16(14-6-4-5-7-15(14)21-18)19(23)22(20(17)24)10-13-9-8-12(3)25-13/h4-9,11H,10H2,1-3H3. The van der Waals surface area contributed by atoms with Crippen LogP contribution < -0.4 is 0 Å². The minimum atomic E-state index is -0.295. The van der Waals surface area contributed by atoms with E-state index in [-0.39, 0.29) is 24.3 Å². The number of fused-ring (bicyclic) bond motifs is 3. The van der Waals surface area contributed by atoms with E-state index in [1.54, 1.807) is 6.07 Å². The van der Waals surface area contributed by atoms with Gasteiger partial charge in [0.25, 0.3) is 11.8 Å². The molecule has 2 aromatic heterocycles. The maximum atomic E-state index is 13.0. The first kappa shape index (κ1) is 15.6. The predicted molar refractivity (Wildman–Crippen MR) is 93.5 cm³/mol. The second-order valence-corrected chi connectivity index (χ2v) is 6.63. The molecule has 0 radical (unpaired) electrons. The molecule has 0 unspecified atom stereocenters. The van der Waals surface area contributed by atoms with E-state index in [2.05, 4.69) is 4.98 Å². The average Bonchev–Trinajstić information content (AvgIpc) is 3.11. The first-order chi connectivity index (χ1) is 12.0. The lowest BCUT2D eigenvalue weighted by Crippen LogP contribution is -2.29. The number of aryl methyl sites for hydroxylation is 1. The zero-order valence-electron chi connectivity index (χ0n) is 14.4. The second kappa shape index (κ2) is 5.55. The highest BCUT2D eigenvalue weighted by Crippen LogP contribution is 2.35. The molecule has 5 heteroatoms. The maximum absolute atomic E-state index is 13.0. The molecule has 0 bridgehead atoms. The van der Waals surface area contributed by atoms with Crippen molar-refractivity contribution in [3.8, 4) is 0 Å². The smallest absolute Gasteiger partial charge is 0.263 e. The minimum absolute atomic E-state index is 0.0425. The van der Waals surface area contributed by atoms with Crippen molar-refractivity contribution in [2.24, 2.45) is 0 Å². The number of hydrogen-bond acceptors (Lipinski definition) is 4. The Kier molecular flexibility index (Phi) is 3.46. The van der Waals surface area contributed by atoms with E-state index in [9.17, 15) is 9.59 Å². The summed E-state index contributed by atoms with van der Waals surface area (Å²) in [5.74, 6) is 0.809. The van der Waals surface area contributed by atoms with E-state index < -0.39 is 0 Å². The Bertz CT molecular complexity index is 1020. The number of hydrogen-bond donors (Lipinski definition) is 0. The highest BCUT2D eigenvalue weighted by molar-refractivity contribution is 6.26. The third kappa shape index (κ3) is 2.35. The summed E-state index contributed by atoms with van der Waals surface area (Å²) in [5, 5.41) is 0.721. The van der Waals surface area contributed by atoms with Crippen LogP contribution in [0.1, 0.15) is 57.7 Å². The van der Waals surface area contributed by atoms with Crippen LogP contribution in [0.25, 0.3) is 10.9 Å². The molecule has 3 heterocycles. The van der Waals surface area contributed by atoms with E-state index >= 15 is 0 Å². The molecule has 3 aromatic rings. The molecule has 1 aliphatic heterocycles. The number of nitrogens with zero attached hydrogens (tertiary/aromatic N) is 2. The molecule has 0 atom stereocenters. The Morgan fingerprint density at radius 1 is 1.04 bits per heavy atom. The van der Waals surface area contributed by atoms with Crippen molar-refractivity contribution in [2.45, 2.75) is 33.2 Å². The highest BCUT2D eigenvalue weighted by Gasteiger charge is 2.40. The van der Waals surface area contributed by atoms with E-state index in [0.717, 1.165) is 16.7 Å². The van der Waals surface area contributed by atoms with Gasteiger partial charge in [0.1, 0.15) is 11.5 Å². The van der Waals surface area contributed by atoms with Gasteiger partial charge in [-0.05, 0) is 31.0 Å². The Morgan fingerprint density at radius 3 is 2.44 bits per heavy atom. The van der Waals surface area contributed by atoms with Crippen LogP contribution in [0, 0.1) is 6.92 Å². The normalized spacial score (nSPS) is 14.0. The molecule has 1 aliphatic rings. The molecule has 126 valence electrons. The van der Waals surface area contributed by atoms with Crippen LogP contribution in [0.2, 0.25) is 0 Å². The lowest BCUT2D eigenvalue weighted by Gasteiger charge is -2.12. The summed E-state index contributed by atoms with van der Waals surface area (Å²) in [6, 6.07) is 11.1. The third-order valence-electron chi connectivity index (χ3n) is 4.50. The monoisotopic (exact) mass is 334 g/mol. The van der Waals surface area contributed by atoms with Crippen molar-refractivity contribution in [3.05, 3.63) is 64.7 Å². The van der Waals surface area contributed by atoms with Gasteiger partial charge in [-0.15, -0.1) is 0 Å². The summed E-state index contributed by atoms with van der Waals surface area (Å²) in [4.78, 5) is 32.0. The number of pyridine rings is 1. The van der Waals surface area contributed by atoms with Crippen LogP contribution in [0.4, 0.5) is 0 Å². The molecule has 1 aromatic carbocycles. The fourth-order valence-electron chi connectivity index (χ4n) is 3.32. The van der Waals surface area contributed by atoms with Crippen LogP contribution in [0.5, 0.6) is 0 Å². The fraction of sp³-hybridized carbons (Fsp3) is 0.250. The van der Waals surface area contributed by atoms with Gasteiger partial charge < -0.3 is 4.42 Å². The molecule has 0 N–H and O–H groups in total. The number of furan rings is 1. The fourth-order valence-corrected chi connectivity index (χ4v) is 3.32. The first-order valence-corrected chi connectivity index (χ1v) is 8.31. The lowest BCUT2D eigenvalue weighted by atomic mass is 9.97. The van der Waals surface area contributed by atoms with Gasteiger partial charge in [-0.2, -0.15) is 0 Å². The highest BCUT2D eigenvalue weighted by atomic mass is 16.3. The van der Waals surface area contributed by atoms with Crippen LogP contribution in [-0.2, 0) is 6.54 Å². The molecule has 0 saturated heterocycles. The van der Waals surface area contributed by atoms with E-state index in [1.165, 1.54) is 4.90 Å². The van der Waals surface area contributed by atoms with Crippen LogP contribution in [0.3, 0.4) is 0 Å².